The van der Waals surface area contributed by atoms with Gasteiger partial charge in [-0.25, -0.2) is 0 Å². The van der Waals surface area contributed by atoms with Gasteiger partial charge in [-0.05, 0) is 0 Å². The summed E-state index contributed by atoms with van der Waals surface area (Å²) in [4.78, 5) is 0. The fourth-order valence-corrected chi connectivity index (χ4v) is 0. The molecule has 9 N–H and O–H groups in total. The standard InChI is InChI=1S/H3N.2H2O4S.H2O2/c;2*1-5(2,3)4;1-2/h1H3;2*(H2,1,2,3,4);1-2H. The van der Waals surface area contributed by atoms with Crippen LogP contribution in [0.3, 0.4) is 0 Å². The highest BCUT2D eigenvalue weighted by Gasteiger charge is 1.85. The van der Waals surface area contributed by atoms with E-state index in [2.05, 4.69) is 0 Å². The Balaban J connectivity index is -0.0000000491. The van der Waals surface area contributed by atoms with Crippen molar-refractivity contribution in [1.82, 2.24) is 6.15 Å². The number of hydrogen-bond donors (Lipinski definition) is 7. The second kappa shape index (κ2) is 9.71. The predicted octanol–water partition coefficient (Wildman–Crippen LogP) is -1.13. The molecule has 0 aromatic carbocycles. The van der Waals surface area contributed by atoms with Gasteiger partial charge in [-0.2, -0.15) is 16.8 Å². The molecule has 0 aliphatic heterocycles. The minimum Gasteiger partial charge on any atom is -0.344 e. The smallest absolute Gasteiger partial charge is 0.344 e. The highest BCUT2D eigenvalue weighted by molar-refractivity contribution is 7.80. The van der Waals surface area contributed by atoms with Crippen molar-refractivity contribution in [1.29, 1.82) is 0 Å². The molecule has 0 aliphatic rings. The van der Waals surface area contributed by atoms with E-state index in [9.17, 15) is 0 Å². The van der Waals surface area contributed by atoms with Crippen LogP contribution in [0.5, 0.6) is 0 Å². The molecule has 0 heterocycles. The molecule has 0 aromatic heterocycles. The molecule has 0 fully saturated rings. The summed E-state index contributed by atoms with van der Waals surface area (Å²) in [5.74, 6) is 0. The van der Waals surface area contributed by atoms with Gasteiger partial charge in [0, 0.05) is 0 Å². The van der Waals surface area contributed by atoms with E-state index < -0.39 is 20.8 Å². The zero-order valence-corrected chi connectivity index (χ0v) is 7.47. The van der Waals surface area contributed by atoms with Crippen molar-refractivity contribution in [2.75, 3.05) is 0 Å². The molecular formula is H9NO10S2. The lowest BCUT2D eigenvalue weighted by Gasteiger charge is -1.68. The third-order valence-corrected chi connectivity index (χ3v) is 0. The first-order valence-corrected chi connectivity index (χ1v) is 4.39. The molecule has 0 atom stereocenters. The quantitative estimate of drug-likeness (QED) is 0.154. The highest BCUT2D eigenvalue weighted by Crippen LogP contribution is 1.59. The predicted molar refractivity (Wildman–Crippen MR) is 38.6 cm³/mol. The minimum absolute atomic E-state index is 0. The van der Waals surface area contributed by atoms with Gasteiger partial charge in [0.1, 0.15) is 0 Å². The summed E-state index contributed by atoms with van der Waals surface area (Å²) in [5.41, 5.74) is 0. The summed E-state index contributed by atoms with van der Waals surface area (Å²) in [6.07, 6.45) is 0. The maximum absolute atomic E-state index is 8.74. The van der Waals surface area contributed by atoms with Gasteiger partial charge in [0.05, 0.1) is 0 Å². The molecule has 86 valence electrons. The summed E-state index contributed by atoms with van der Waals surface area (Å²) >= 11 is 0. The van der Waals surface area contributed by atoms with Crippen LogP contribution < -0.4 is 6.15 Å². The molecule has 0 bridgehead atoms. The van der Waals surface area contributed by atoms with Crippen LogP contribution in [0.1, 0.15) is 0 Å². The summed E-state index contributed by atoms with van der Waals surface area (Å²) in [5, 5.41) is 12.0. The summed E-state index contributed by atoms with van der Waals surface area (Å²) in [6.45, 7) is 0. The molecule has 0 spiro atoms. The molecule has 0 saturated heterocycles. The van der Waals surface area contributed by atoms with Crippen LogP contribution in [0.4, 0.5) is 0 Å². The Hall–Kier alpha value is -0.380. The Morgan fingerprint density at radius 2 is 0.615 bits per heavy atom. The Bertz CT molecular complexity index is 209. The second-order valence-electron chi connectivity index (χ2n) is 0.896. The molecular weight excluding hydrogens is 238 g/mol. The van der Waals surface area contributed by atoms with E-state index in [1.165, 1.54) is 0 Å². The van der Waals surface area contributed by atoms with E-state index in [1.807, 2.05) is 0 Å². The first-order chi connectivity index (χ1) is 5.00. The van der Waals surface area contributed by atoms with E-state index in [-0.39, 0.29) is 6.15 Å². The molecule has 13 heavy (non-hydrogen) atoms. The van der Waals surface area contributed by atoms with Crippen molar-refractivity contribution >= 4 is 20.8 Å². The molecule has 0 unspecified atom stereocenters. The summed E-state index contributed by atoms with van der Waals surface area (Å²) in [7, 11) is -9.33. The van der Waals surface area contributed by atoms with Crippen molar-refractivity contribution in [3.8, 4) is 0 Å². The normalized spacial score (nSPS) is 9.38. The second-order valence-corrected chi connectivity index (χ2v) is 2.69. The topological polar surface area (TPSA) is 225 Å². The molecule has 0 saturated carbocycles. The third kappa shape index (κ3) is 7450. The number of hydrogen-bond acceptors (Lipinski definition) is 7. The average Bonchev–Trinajstić information content (AvgIpc) is 1.59. The van der Waals surface area contributed by atoms with Crippen LogP contribution in [-0.2, 0) is 20.8 Å². The monoisotopic (exact) mass is 247 g/mol. The van der Waals surface area contributed by atoms with Crippen LogP contribution in [0, 0.1) is 0 Å². The Morgan fingerprint density at radius 3 is 0.615 bits per heavy atom. The van der Waals surface area contributed by atoms with Gasteiger partial charge < -0.3 is 6.15 Å². The third-order valence-electron chi connectivity index (χ3n) is 0. The zero-order chi connectivity index (χ0) is 11.0. The lowest BCUT2D eigenvalue weighted by atomic mass is 14.0. The fraction of sp³-hybridized carbons (Fsp3) is 0. The molecule has 0 radical (unpaired) electrons. The van der Waals surface area contributed by atoms with Gasteiger partial charge in [-0.1, -0.05) is 0 Å². The van der Waals surface area contributed by atoms with Gasteiger partial charge in [0.25, 0.3) is 0 Å². The van der Waals surface area contributed by atoms with Gasteiger partial charge in [0.15, 0.2) is 0 Å². The lowest BCUT2D eigenvalue weighted by molar-refractivity contribution is -0.176. The minimum atomic E-state index is -4.67. The van der Waals surface area contributed by atoms with E-state index in [0.717, 1.165) is 0 Å². The Morgan fingerprint density at radius 1 is 0.615 bits per heavy atom. The zero-order valence-electron chi connectivity index (χ0n) is 5.84. The van der Waals surface area contributed by atoms with E-state index in [0.29, 0.717) is 0 Å². The Kier molecular flexibility index (Phi) is 17.1. The largest absolute Gasteiger partial charge is 0.394 e. The first-order valence-electron chi connectivity index (χ1n) is 1.60. The van der Waals surface area contributed by atoms with E-state index >= 15 is 0 Å². The number of rotatable bonds is 0. The maximum Gasteiger partial charge on any atom is 0.394 e. The van der Waals surface area contributed by atoms with Crippen molar-refractivity contribution < 1.29 is 45.6 Å². The molecule has 0 aliphatic carbocycles. The highest BCUT2D eigenvalue weighted by atomic mass is 32.3. The van der Waals surface area contributed by atoms with Crippen molar-refractivity contribution in [2.24, 2.45) is 0 Å². The van der Waals surface area contributed by atoms with Gasteiger partial charge in [-0.3, -0.25) is 28.7 Å². The summed E-state index contributed by atoms with van der Waals surface area (Å²) in [6, 6.07) is 0. The SMILES string of the molecule is N.O=S(=O)(O)O.O=S(=O)(O)O.OO. The van der Waals surface area contributed by atoms with Crippen molar-refractivity contribution in [3.05, 3.63) is 0 Å². The molecule has 13 heteroatoms. The van der Waals surface area contributed by atoms with E-state index in [4.69, 9.17) is 45.6 Å². The molecule has 11 nitrogen and oxygen atoms in total. The fourth-order valence-electron chi connectivity index (χ4n) is 0. The molecule has 0 amide bonds. The summed E-state index contributed by atoms with van der Waals surface area (Å²) < 4.78 is 63.2. The Labute approximate surface area is 73.3 Å². The average molecular weight is 247 g/mol. The van der Waals surface area contributed by atoms with Crippen LogP contribution in [0.15, 0.2) is 0 Å². The molecule has 0 aromatic rings. The van der Waals surface area contributed by atoms with Gasteiger partial charge in [-0.15, -0.1) is 0 Å². The van der Waals surface area contributed by atoms with Crippen LogP contribution >= 0.6 is 0 Å². The van der Waals surface area contributed by atoms with Gasteiger partial charge >= 0.3 is 20.8 Å². The van der Waals surface area contributed by atoms with E-state index in [1.54, 1.807) is 0 Å². The van der Waals surface area contributed by atoms with Gasteiger partial charge in [0.2, 0.25) is 0 Å². The van der Waals surface area contributed by atoms with Crippen LogP contribution in [0.25, 0.3) is 0 Å². The lowest BCUT2D eigenvalue weighted by Crippen LogP contribution is -1.89. The first kappa shape index (κ1) is 22.9. The maximum atomic E-state index is 8.74. The molecule has 0 rings (SSSR count). The van der Waals surface area contributed by atoms with Crippen LogP contribution in [0.2, 0.25) is 0 Å². The van der Waals surface area contributed by atoms with Crippen molar-refractivity contribution in [3.63, 3.8) is 0 Å². The van der Waals surface area contributed by atoms with Crippen LogP contribution in [-0.4, -0.2) is 45.6 Å². The van der Waals surface area contributed by atoms with Crippen molar-refractivity contribution in [2.45, 2.75) is 0 Å².